The minimum atomic E-state index is -0.852. The summed E-state index contributed by atoms with van der Waals surface area (Å²) in [4.78, 5) is 33.5. The molecule has 1 heterocycles. The minimum absolute atomic E-state index is 0.281. The number of rotatable bonds is 6. The zero-order valence-electron chi connectivity index (χ0n) is 16.7. The van der Waals surface area contributed by atoms with Gasteiger partial charge in [0.25, 0.3) is 5.91 Å². The van der Waals surface area contributed by atoms with Crippen LogP contribution < -0.4 is 5.32 Å². The second-order valence-corrected chi connectivity index (χ2v) is 7.29. The average Bonchev–Trinajstić information content (AvgIpc) is 2.69. The molecule has 1 atom stereocenters. The average molecular weight is 381 g/mol. The predicted octanol–water partition coefficient (Wildman–Crippen LogP) is 3.80. The van der Waals surface area contributed by atoms with Gasteiger partial charge >= 0.3 is 5.97 Å². The summed E-state index contributed by atoms with van der Waals surface area (Å²) in [7, 11) is 0. The second-order valence-electron chi connectivity index (χ2n) is 7.29. The van der Waals surface area contributed by atoms with E-state index in [4.69, 9.17) is 4.74 Å². The van der Waals surface area contributed by atoms with E-state index in [1.54, 1.807) is 25.1 Å². The van der Waals surface area contributed by atoms with Crippen LogP contribution in [0.25, 0.3) is 11.0 Å². The first-order chi connectivity index (χ1) is 13.4. The summed E-state index contributed by atoms with van der Waals surface area (Å²) in [6, 6.07) is 5.04. The molecular formula is C22H27N3O3. The van der Waals surface area contributed by atoms with Crippen LogP contribution in [0.15, 0.2) is 29.8 Å². The van der Waals surface area contributed by atoms with Crippen molar-refractivity contribution >= 4 is 22.9 Å². The largest absolute Gasteiger partial charge is 0.449 e. The van der Waals surface area contributed by atoms with Gasteiger partial charge in [0.15, 0.2) is 6.10 Å². The van der Waals surface area contributed by atoms with Crippen molar-refractivity contribution < 1.29 is 14.3 Å². The van der Waals surface area contributed by atoms with E-state index >= 15 is 0 Å². The van der Waals surface area contributed by atoms with Crippen molar-refractivity contribution in [1.29, 1.82) is 0 Å². The molecule has 148 valence electrons. The highest BCUT2D eigenvalue weighted by atomic mass is 16.5. The van der Waals surface area contributed by atoms with E-state index in [2.05, 4.69) is 21.4 Å². The first kappa shape index (κ1) is 20.0. The number of benzene rings is 1. The Balaban J connectivity index is 1.55. The smallest absolute Gasteiger partial charge is 0.338 e. The molecule has 1 amide bonds. The molecule has 0 spiro atoms. The zero-order chi connectivity index (χ0) is 20.1. The quantitative estimate of drug-likeness (QED) is 0.608. The maximum atomic E-state index is 12.4. The number of carbonyl (C=O) groups is 2. The van der Waals surface area contributed by atoms with Gasteiger partial charge in [0.1, 0.15) is 0 Å². The van der Waals surface area contributed by atoms with Crippen LogP contribution in [0.5, 0.6) is 0 Å². The third kappa shape index (κ3) is 4.94. The summed E-state index contributed by atoms with van der Waals surface area (Å²) in [6.45, 7) is 5.93. The molecule has 28 heavy (non-hydrogen) atoms. The molecule has 0 saturated heterocycles. The number of fused-ring (bicyclic) bond motifs is 1. The van der Waals surface area contributed by atoms with Crippen LogP contribution in [-0.4, -0.2) is 34.5 Å². The molecule has 6 nitrogen and oxygen atoms in total. The molecule has 1 aliphatic carbocycles. The third-order valence-electron chi connectivity index (χ3n) is 5.09. The van der Waals surface area contributed by atoms with Gasteiger partial charge in [0, 0.05) is 6.54 Å². The van der Waals surface area contributed by atoms with Crippen LogP contribution in [-0.2, 0) is 9.53 Å². The molecule has 1 aromatic carbocycles. The van der Waals surface area contributed by atoms with Crippen LogP contribution in [0, 0.1) is 13.8 Å². The zero-order valence-corrected chi connectivity index (χ0v) is 16.7. The van der Waals surface area contributed by atoms with Crippen molar-refractivity contribution in [3.05, 3.63) is 46.8 Å². The summed E-state index contributed by atoms with van der Waals surface area (Å²) in [5.41, 5.74) is 4.80. The number of aromatic nitrogens is 2. The summed E-state index contributed by atoms with van der Waals surface area (Å²) in [6.07, 6.45) is 7.00. The van der Waals surface area contributed by atoms with Crippen molar-refractivity contribution in [3.63, 3.8) is 0 Å². The van der Waals surface area contributed by atoms with E-state index in [1.165, 1.54) is 18.4 Å². The number of esters is 1. The summed E-state index contributed by atoms with van der Waals surface area (Å²) < 4.78 is 5.33. The molecular weight excluding hydrogens is 354 g/mol. The summed E-state index contributed by atoms with van der Waals surface area (Å²) >= 11 is 0. The number of amides is 1. The van der Waals surface area contributed by atoms with Gasteiger partial charge in [0.2, 0.25) is 0 Å². The van der Waals surface area contributed by atoms with Gasteiger partial charge in [-0.15, -0.1) is 0 Å². The van der Waals surface area contributed by atoms with Crippen LogP contribution >= 0.6 is 0 Å². The van der Waals surface area contributed by atoms with Gasteiger partial charge in [-0.25, -0.2) is 14.8 Å². The Hall–Kier alpha value is -2.76. The van der Waals surface area contributed by atoms with Crippen molar-refractivity contribution in [3.8, 4) is 0 Å². The van der Waals surface area contributed by atoms with Crippen molar-refractivity contribution in [2.45, 2.75) is 59.0 Å². The molecule has 0 radical (unpaired) electrons. The molecule has 1 aromatic heterocycles. The van der Waals surface area contributed by atoms with E-state index < -0.39 is 12.1 Å². The molecule has 0 fully saturated rings. The highest BCUT2D eigenvalue weighted by Crippen LogP contribution is 2.19. The number of ether oxygens (including phenoxy) is 1. The topological polar surface area (TPSA) is 81.2 Å². The molecule has 6 heteroatoms. The van der Waals surface area contributed by atoms with Crippen molar-refractivity contribution in [1.82, 2.24) is 15.3 Å². The van der Waals surface area contributed by atoms with Gasteiger partial charge in [-0.05, 0) is 71.1 Å². The van der Waals surface area contributed by atoms with E-state index in [0.717, 1.165) is 36.2 Å². The van der Waals surface area contributed by atoms with Gasteiger partial charge in [-0.1, -0.05) is 11.6 Å². The van der Waals surface area contributed by atoms with Gasteiger partial charge in [-0.2, -0.15) is 0 Å². The molecule has 3 rings (SSSR count). The number of nitrogens with zero attached hydrogens (tertiary/aromatic N) is 2. The first-order valence-corrected chi connectivity index (χ1v) is 9.85. The Morgan fingerprint density at radius 1 is 1.14 bits per heavy atom. The number of carbonyl (C=O) groups excluding carboxylic acids is 2. The Kier molecular flexibility index (Phi) is 6.39. The molecule has 0 unspecified atom stereocenters. The third-order valence-corrected chi connectivity index (χ3v) is 5.09. The lowest BCUT2D eigenvalue weighted by molar-refractivity contribution is -0.129. The molecule has 1 aliphatic rings. The highest BCUT2D eigenvalue weighted by molar-refractivity contribution is 5.95. The van der Waals surface area contributed by atoms with Crippen LogP contribution in [0.2, 0.25) is 0 Å². The van der Waals surface area contributed by atoms with E-state index in [0.29, 0.717) is 17.6 Å². The highest BCUT2D eigenvalue weighted by Gasteiger charge is 2.19. The van der Waals surface area contributed by atoms with Crippen molar-refractivity contribution in [2.75, 3.05) is 6.54 Å². The van der Waals surface area contributed by atoms with Gasteiger partial charge in [0.05, 0.1) is 28.0 Å². The number of nitrogens with one attached hydrogen (secondary N) is 1. The van der Waals surface area contributed by atoms with E-state index in [-0.39, 0.29) is 5.91 Å². The van der Waals surface area contributed by atoms with Gasteiger partial charge < -0.3 is 10.1 Å². The fraction of sp³-hybridized carbons (Fsp3) is 0.455. The second kappa shape index (κ2) is 8.95. The Morgan fingerprint density at radius 3 is 2.61 bits per heavy atom. The maximum Gasteiger partial charge on any atom is 0.338 e. The lowest BCUT2D eigenvalue weighted by Crippen LogP contribution is -2.36. The lowest BCUT2D eigenvalue weighted by Gasteiger charge is -2.15. The van der Waals surface area contributed by atoms with Crippen LogP contribution in [0.4, 0.5) is 0 Å². The van der Waals surface area contributed by atoms with Crippen LogP contribution in [0.3, 0.4) is 0 Å². The van der Waals surface area contributed by atoms with Crippen LogP contribution in [0.1, 0.15) is 60.8 Å². The Bertz CT molecular complexity index is 921. The fourth-order valence-corrected chi connectivity index (χ4v) is 3.26. The fourth-order valence-electron chi connectivity index (χ4n) is 3.26. The summed E-state index contributed by atoms with van der Waals surface area (Å²) in [5, 5.41) is 2.85. The number of aryl methyl sites for hydroxylation is 2. The standard InChI is InChI=1S/C22H27N3O3/c1-14-15(2)25-20-13-18(9-10-19(20)24-14)22(27)28-16(3)21(26)23-12-11-17-7-5-4-6-8-17/h7,9-10,13,16H,4-6,8,11-12H2,1-3H3,(H,23,26)/t16-/m0/s1. The monoisotopic (exact) mass is 381 g/mol. The first-order valence-electron chi connectivity index (χ1n) is 9.85. The molecule has 2 aromatic rings. The number of hydrogen-bond acceptors (Lipinski definition) is 5. The molecule has 0 aliphatic heterocycles. The maximum absolute atomic E-state index is 12.4. The lowest BCUT2D eigenvalue weighted by atomic mass is 9.97. The van der Waals surface area contributed by atoms with E-state index in [9.17, 15) is 9.59 Å². The normalized spacial score (nSPS) is 15.0. The number of hydrogen-bond donors (Lipinski definition) is 1. The summed E-state index contributed by atoms with van der Waals surface area (Å²) in [5.74, 6) is -0.823. The Labute approximate surface area is 165 Å². The van der Waals surface area contributed by atoms with Gasteiger partial charge in [-0.3, -0.25) is 4.79 Å². The number of allylic oxidation sites excluding steroid dienone is 1. The minimum Gasteiger partial charge on any atom is -0.449 e. The predicted molar refractivity (Wildman–Crippen MR) is 108 cm³/mol. The molecule has 1 N–H and O–H groups in total. The Morgan fingerprint density at radius 2 is 1.89 bits per heavy atom. The molecule has 0 bridgehead atoms. The van der Waals surface area contributed by atoms with Crippen molar-refractivity contribution in [2.24, 2.45) is 0 Å². The van der Waals surface area contributed by atoms with E-state index in [1.807, 2.05) is 13.8 Å². The SMILES string of the molecule is Cc1nc2ccc(C(=O)O[C@@H](C)C(=O)NCCC3=CCCCC3)cc2nc1C. The molecule has 0 saturated carbocycles.